The van der Waals surface area contributed by atoms with Crippen LogP contribution in [0.2, 0.25) is 5.02 Å². The van der Waals surface area contributed by atoms with Crippen molar-refractivity contribution in [2.45, 2.75) is 24.2 Å². The number of carbonyl (C=O) groups excluding carboxylic acids is 2. The molecule has 0 radical (unpaired) electrons. The molecular formula is C23H25ClN2O3. The summed E-state index contributed by atoms with van der Waals surface area (Å²) >= 11 is 6.24. The molecule has 0 saturated carbocycles. The summed E-state index contributed by atoms with van der Waals surface area (Å²) in [6.07, 6.45) is 1.65. The van der Waals surface area contributed by atoms with E-state index in [1.807, 2.05) is 36.4 Å². The summed E-state index contributed by atoms with van der Waals surface area (Å²) < 4.78 is 5.58. The fourth-order valence-electron chi connectivity index (χ4n) is 4.41. The largest absolute Gasteiger partial charge is 0.381 e. The number of benzene rings is 2. The van der Waals surface area contributed by atoms with Crippen LogP contribution in [0.4, 0.5) is 0 Å². The average Bonchev–Trinajstić information content (AvgIpc) is 2.75. The number of rotatable bonds is 4. The minimum Gasteiger partial charge on any atom is -0.381 e. The molecule has 2 heterocycles. The van der Waals surface area contributed by atoms with Crippen LogP contribution in [-0.4, -0.2) is 50.1 Å². The number of carbonyl (C=O) groups is 2. The van der Waals surface area contributed by atoms with E-state index in [1.54, 1.807) is 18.0 Å². The average molecular weight is 413 g/mol. The Bertz CT molecular complexity index is 924. The van der Waals surface area contributed by atoms with Gasteiger partial charge in [-0.05, 0) is 42.2 Å². The van der Waals surface area contributed by atoms with Crippen LogP contribution in [0, 0.1) is 0 Å². The highest BCUT2D eigenvalue weighted by atomic mass is 35.5. The number of nitrogens with zero attached hydrogens (tertiary/aromatic N) is 1. The minimum atomic E-state index is -0.370. The molecule has 4 rings (SSSR count). The Labute approximate surface area is 176 Å². The van der Waals surface area contributed by atoms with Gasteiger partial charge in [0.1, 0.15) is 0 Å². The summed E-state index contributed by atoms with van der Waals surface area (Å²) in [7, 11) is 1.74. The van der Waals surface area contributed by atoms with Crippen LogP contribution in [0.1, 0.15) is 40.2 Å². The van der Waals surface area contributed by atoms with Crippen LogP contribution in [0.3, 0.4) is 0 Å². The zero-order valence-electron chi connectivity index (χ0n) is 16.5. The summed E-state index contributed by atoms with van der Waals surface area (Å²) in [5, 5.41) is 3.88. The van der Waals surface area contributed by atoms with Crippen molar-refractivity contribution in [3.05, 3.63) is 70.2 Å². The van der Waals surface area contributed by atoms with Crippen molar-refractivity contribution < 1.29 is 14.3 Å². The van der Waals surface area contributed by atoms with E-state index >= 15 is 0 Å². The molecule has 6 heteroatoms. The highest BCUT2D eigenvalue weighted by Gasteiger charge is 2.37. The van der Waals surface area contributed by atoms with Crippen LogP contribution in [0.25, 0.3) is 0 Å². The van der Waals surface area contributed by atoms with Gasteiger partial charge >= 0.3 is 0 Å². The number of likely N-dealkylation sites (N-methyl/N-ethyl adjacent to an activating group) is 1. The van der Waals surface area contributed by atoms with Crippen LogP contribution in [0.15, 0.2) is 48.5 Å². The Morgan fingerprint density at radius 2 is 1.97 bits per heavy atom. The topological polar surface area (TPSA) is 58.6 Å². The second-order valence-corrected chi connectivity index (χ2v) is 8.38. The van der Waals surface area contributed by atoms with Gasteiger partial charge in [0.05, 0.1) is 5.92 Å². The predicted molar refractivity (Wildman–Crippen MR) is 112 cm³/mol. The first-order valence-electron chi connectivity index (χ1n) is 9.96. The molecule has 1 saturated heterocycles. The first-order chi connectivity index (χ1) is 14.0. The normalized spacial score (nSPS) is 20.8. The summed E-state index contributed by atoms with van der Waals surface area (Å²) in [5.74, 6) is -0.459. The van der Waals surface area contributed by atoms with Gasteiger partial charge < -0.3 is 15.0 Å². The number of ether oxygens (including phenoxy) is 1. The van der Waals surface area contributed by atoms with E-state index in [9.17, 15) is 9.59 Å². The Balaban J connectivity index is 1.56. The lowest BCUT2D eigenvalue weighted by molar-refractivity contribution is -0.123. The first kappa shape index (κ1) is 19.9. The lowest BCUT2D eigenvalue weighted by Crippen LogP contribution is -2.48. The van der Waals surface area contributed by atoms with Gasteiger partial charge in [-0.1, -0.05) is 41.9 Å². The lowest BCUT2D eigenvalue weighted by atomic mass is 9.74. The van der Waals surface area contributed by atoms with Crippen LogP contribution < -0.4 is 5.32 Å². The maximum atomic E-state index is 13.2. The quantitative estimate of drug-likeness (QED) is 0.837. The molecule has 1 fully saturated rings. The zero-order valence-corrected chi connectivity index (χ0v) is 17.2. The molecule has 2 aromatic rings. The third-order valence-corrected chi connectivity index (χ3v) is 6.41. The smallest absolute Gasteiger partial charge is 0.253 e. The number of hydrogen-bond acceptors (Lipinski definition) is 3. The molecule has 0 spiro atoms. The van der Waals surface area contributed by atoms with E-state index in [2.05, 4.69) is 11.4 Å². The number of amides is 2. The lowest BCUT2D eigenvalue weighted by Gasteiger charge is -2.39. The van der Waals surface area contributed by atoms with Gasteiger partial charge in [-0.3, -0.25) is 9.59 Å². The predicted octanol–water partition coefficient (Wildman–Crippen LogP) is 3.37. The van der Waals surface area contributed by atoms with Gasteiger partial charge in [-0.2, -0.15) is 0 Å². The van der Waals surface area contributed by atoms with Crippen LogP contribution >= 0.6 is 11.6 Å². The van der Waals surface area contributed by atoms with E-state index in [4.69, 9.17) is 16.3 Å². The maximum absolute atomic E-state index is 13.2. The molecule has 0 aliphatic carbocycles. The molecule has 29 heavy (non-hydrogen) atoms. The van der Waals surface area contributed by atoms with Crippen LogP contribution in [-0.2, 0) is 14.9 Å². The molecule has 152 valence electrons. The monoisotopic (exact) mass is 412 g/mol. The second-order valence-electron chi connectivity index (χ2n) is 7.95. The Hall–Kier alpha value is -2.37. The number of halogens is 1. The van der Waals surface area contributed by atoms with Crippen molar-refractivity contribution in [1.82, 2.24) is 10.2 Å². The van der Waals surface area contributed by atoms with Gasteiger partial charge in [-0.15, -0.1) is 0 Å². The van der Waals surface area contributed by atoms with E-state index in [1.165, 1.54) is 0 Å². The Morgan fingerprint density at radius 3 is 2.72 bits per heavy atom. The molecule has 5 nitrogen and oxygen atoms in total. The summed E-state index contributed by atoms with van der Waals surface area (Å²) in [6, 6.07) is 15.3. The van der Waals surface area contributed by atoms with Gasteiger partial charge in [0.2, 0.25) is 5.91 Å². The Kier molecular flexibility index (Phi) is 5.61. The molecule has 0 aromatic heterocycles. The SMILES string of the molecule is CN1CC(C(=O)NCC2(c3cccc(Cl)c3)CCOCC2)c2ccccc2C1=O. The second kappa shape index (κ2) is 8.17. The number of nitrogens with one attached hydrogen (secondary N) is 1. The third-order valence-electron chi connectivity index (χ3n) is 6.17. The van der Waals surface area contributed by atoms with E-state index in [-0.39, 0.29) is 23.1 Å². The fraction of sp³-hybridized carbons (Fsp3) is 0.391. The van der Waals surface area contributed by atoms with Crippen molar-refractivity contribution in [3.8, 4) is 0 Å². The molecule has 2 aliphatic rings. The van der Waals surface area contributed by atoms with E-state index in [0.29, 0.717) is 36.9 Å². The van der Waals surface area contributed by atoms with Gasteiger partial charge in [0.25, 0.3) is 5.91 Å². The first-order valence-corrected chi connectivity index (χ1v) is 10.3. The molecule has 1 N–H and O–H groups in total. The fourth-order valence-corrected chi connectivity index (χ4v) is 4.60. The number of hydrogen-bond donors (Lipinski definition) is 1. The number of fused-ring (bicyclic) bond motifs is 1. The van der Waals surface area contributed by atoms with Crippen molar-refractivity contribution >= 4 is 23.4 Å². The minimum absolute atomic E-state index is 0.0375. The molecule has 2 amide bonds. The van der Waals surface area contributed by atoms with Crippen LogP contribution in [0.5, 0.6) is 0 Å². The van der Waals surface area contributed by atoms with Gasteiger partial charge in [0.15, 0.2) is 0 Å². The zero-order chi connectivity index (χ0) is 20.4. The molecule has 2 aliphatic heterocycles. The summed E-state index contributed by atoms with van der Waals surface area (Å²) in [6.45, 7) is 2.22. The highest BCUT2D eigenvalue weighted by Crippen LogP contribution is 2.36. The van der Waals surface area contributed by atoms with Crippen molar-refractivity contribution in [2.24, 2.45) is 0 Å². The molecule has 1 atom stereocenters. The summed E-state index contributed by atoms with van der Waals surface area (Å²) in [4.78, 5) is 27.2. The van der Waals surface area contributed by atoms with E-state index < -0.39 is 0 Å². The van der Waals surface area contributed by atoms with Crippen molar-refractivity contribution in [2.75, 3.05) is 33.4 Å². The maximum Gasteiger partial charge on any atom is 0.253 e. The molecule has 1 unspecified atom stereocenters. The Morgan fingerprint density at radius 1 is 1.21 bits per heavy atom. The van der Waals surface area contributed by atoms with Crippen molar-refractivity contribution in [3.63, 3.8) is 0 Å². The third kappa shape index (κ3) is 3.89. The van der Waals surface area contributed by atoms with Crippen molar-refractivity contribution in [1.29, 1.82) is 0 Å². The summed E-state index contributed by atoms with van der Waals surface area (Å²) in [5.41, 5.74) is 2.34. The van der Waals surface area contributed by atoms with Gasteiger partial charge in [0, 0.05) is 49.4 Å². The van der Waals surface area contributed by atoms with Gasteiger partial charge in [-0.25, -0.2) is 0 Å². The molecule has 2 aromatic carbocycles. The van der Waals surface area contributed by atoms with E-state index in [0.717, 1.165) is 24.0 Å². The molecule has 0 bridgehead atoms. The highest BCUT2D eigenvalue weighted by molar-refractivity contribution is 6.30. The standard InChI is InChI=1S/C23H25ClN2O3/c1-26-14-20(18-7-2-3-8-19(18)22(26)28)21(27)25-15-23(9-11-29-12-10-23)16-5-4-6-17(24)13-16/h2-8,13,20H,9-12,14-15H2,1H3,(H,25,27). The molecular weight excluding hydrogens is 388 g/mol.